The van der Waals surface area contributed by atoms with Crippen LogP contribution in [0.25, 0.3) is 0 Å². The van der Waals surface area contributed by atoms with Crippen molar-refractivity contribution in [3.05, 3.63) is 29.8 Å². The Bertz CT molecular complexity index is 575. The molecule has 0 aliphatic carbocycles. The quantitative estimate of drug-likeness (QED) is 0.428. The van der Waals surface area contributed by atoms with Crippen LogP contribution in [-0.2, 0) is 11.3 Å². The van der Waals surface area contributed by atoms with E-state index in [1.54, 1.807) is 0 Å². The third kappa shape index (κ3) is 6.99. The zero-order valence-electron chi connectivity index (χ0n) is 17.5. The average Bonchev–Trinajstić information content (AvgIpc) is 3.03. The predicted octanol–water partition coefficient (Wildman–Crippen LogP) is 2.45. The number of ether oxygens (including phenoxy) is 1. The molecule has 0 amide bonds. The van der Waals surface area contributed by atoms with Gasteiger partial charge in [0.1, 0.15) is 0 Å². The van der Waals surface area contributed by atoms with Crippen molar-refractivity contribution in [2.24, 2.45) is 4.99 Å². The van der Waals surface area contributed by atoms with E-state index in [1.165, 1.54) is 56.6 Å². The van der Waals surface area contributed by atoms with Crippen molar-refractivity contribution in [2.45, 2.75) is 38.6 Å². The molecule has 0 aromatic heterocycles. The summed E-state index contributed by atoms with van der Waals surface area (Å²) in [7, 11) is 1.84. The zero-order valence-corrected chi connectivity index (χ0v) is 17.5. The lowest BCUT2D eigenvalue weighted by Gasteiger charge is -2.29. The van der Waals surface area contributed by atoms with Crippen LogP contribution in [0.5, 0.6) is 0 Å². The Hall–Kier alpha value is -1.79. The van der Waals surface area contributed by atoms with Gasteiger partial charge in [0, 0.05) is 38.9 Å². The molecule has 0 bridgehead atoms. The molecule has 2 aliphatic heterocycles. The molecular formula is C22H37N5O. The van der Waals surface area contributed by atoms with Crippen molar-refractivity contribution in [2.75, 3.05) is 64.4 Å². The molecule has 1 aromatic carbocycles. The normalized spacial score (nSPS) is 19.3. The van der Waals surface area contributed by atoms with Crippen molar-refractivity contribution in [1.29, 1.82) is 0 Å². The lowest BCUT2D eigenvalue weighted by molar-refractivity contribution is 0.122. The van der Waals surface area contributed by atoms with Crippen LogP contribution < -0.4 is 15.5 Å². The van der Waals surface area contributed by atoms with Crippen molar-refractivity contribution in [1.82, 2.24) is 15.5 Å². The maximum Gasteiger partial charge on any atom is 0.191 e. The van der Waals surface area contributed by atoms with E-state index in [4.69, 9.17) is 4.74 Å². The van der Waals surface area contributed by atoms with Crippen molar-refractivity contribution in [3.63, 3.8) is 0 Å². The van der Waals surface area contributed by atoms with E-state index in [-0.39, 0.29) is 0 Å². The minimum Gasteiger partial charge on any atom is -0.378 e. The van der Waals surface area contributed by atoms with E-state index in [1.807, 2.05) is 7.05 Å². The molecule has 28 heavy (non-hydrogen) atoms. The molecule has 0 saturated carbocycles. The van der Waals surface area contributed by atoms with Gasteiger partial charge in [-0.15, -0.1) is 0 Å². The molecule has 0 unspecified atom stereocenters. The summed E-state index contributed by atoms with van der Waals surface area (Å²) < 4.78 is 5.43. The van der Waals surface area contributed by atoms with Crippen LogP contribution in [-0.4, -0.2) is 70.4 Å². The Morgan fingerprint density at radius 3 is 2.36 bits per heavy atom. The van der Waals surface area contributed by atoms with Crippen LogP contribution in [0.15, 0.2) is 29.3 Å². The van der Waals surface area contributed by atoms with E-state index in [0.717, 1.165) is 51.8 Å². The second-order valence-corrected chi connectivity index (χ2v) is 7.73. The summed E-state index contributed by atoms with van der Waals surface area (Å²) in [5, 5.41) is 6.87. The number of morpholine rings is 1. The largest absolute Gasteiger partial charge is 0.378 e. The van der Waals surface area contributed by atoms with Crippen LogP contribution in [0, 0.1) is 0 Å². The Balaban J connectivity index is 1.34. The lowest BCUT2D eigenvalue weighted by atomic mass is 10.2. The van der Waals surface area contributed by atoms with E-state index >= 15 is 0 Å². The van der Waals surface area contributed by atoms with E-state index < -0.39 is 0 Å². The number of likely N-dealkylation sites (tertiary alicyclic amines) is 1. The Morgan fingerprint density at radius 2 is 1.68 bits per heavy atom. The molecule has 6 nitrogen and oxygen atoms in total. The van der Waals surface area contributed by atoms with Gasteiger partial charge in [0.2, 0.25) is 0 Å². The number of nitrogens with zero attached hydrogens (tertiary/aromatic N) is 3. The van der Waals surface area contributed by atoms with Gasteiger partial charge in [-0.3, -0.25) is 4.99 Å². The standard InChI is InChI=1S/C22H37N5O/c1-23-22(24-11-6-14-26-12-4-2-3-5-13-26)25-19-20-7-9-21(10-8-20)27-15-17-28-18-16-27/h7-10H,2-6,11-19H2,1H3,(H2,23,24,25). The van der Waals surface area contributed by atoms with Gasteiger partial charge < -0.3 is 25.2 Å². The molecule has 2 aliphatic rings. The van der Waals surface area contributed by atoms with Crippen molar-refractivity contribution < 1.29 is 4.74 Å². The number of guanidine groups is 1. The van der Waals surface area contributed by atoms with Crippen LogP contribution in [0.3, 0.4) is 0 Å². The maximum atomic E-state index is 5.43. The number of hydrogen-bond acceptors (Lipinski definition) is 4. The number of nitrogens with one attached hydrogen (secondary N) is 2. The number of hydrogen-bond donors (Lipinski definition) is 2. The summed E-state index contributed by atoms with van der Waals surface area (Å²) in [6, 6.07) is 8.81. The van der Waals surface area contributed by atoms with Gasteiger partial charge in [0.25, 0.3) is 0 Å². The molecule has 2 fully saturated rings. The average molecular weight is 388 g/mol. The molecule has 1 aromatic rings. The fraction of sp³-hybridized carbons (Fsp3) is 0.682. The first-order valence-corrected chi connectivity index (χ1v) is 10.9. The second kappa shape index (κ2) is 11.9. The number of benzene rings is 1. The minimum absolute atomic E-state index is 0.787. The fourth-order valence-corrected chi connectivity index (χ4v) is 3.92. The van der Waals surface area contributed by atoms with Gasteiger partial charge in [-0.1, -0.05) is 25.0 Å². The highest BCUT2D eigenvalue weighted by Crippen LogP contribution is 2.16. The Morgan fingerprint density at radius 1 is 0.964 bits per heavy atom. The third-order valence-electron chi connectivity index (χ3n) is 5.64. The summed E-state index contributed by atoms with van der Waals surface area (Å²) in [6.45, 7) is 9.08. The Kier molecular flexibility index (Phi) is 8.91. The molecule has 6 heteroatoms. The molecule has 2 N–H and O–H groups in total. The number of rotatable bonds is 7. The molecular weight excluding hydrogens is 350 g/mol. The topological polar surface area (TPSA) is 52.1 Å². The minimum atomic E-state index is 0.787. The van der Waals surface area contributed by atoms with Crippen LogP contribution in [0.2, 0.25) is 0 Å². The molecule has 2 heterocycles. The highest BCUT2D eigenvalue weighted by Gasteiger charge is 2.11. The zero-order chi connectivity index (χ0) is 19.4. The predicted molar refractivity (Wildman–Crippen MR) is 117 cm³/mol. The highest BCUT2D eigenvalue weighted by atomic mass is 16.5. The molecule has 0 radical (unpaired) electrons. The van der Waals surface area contributed by atoms with Gasteiger partial charge in [0.15, 0.2) is 5.96 Å². The highest BCUT2D eigenvalue weighted by molar-refractivity contribution is 5.79. The van der Waals surface area contributed by atoms with E-state index in [9.17, 15) is 0 Å². The first-order valence-electron chi connectivity index (χ1n) is 10.9. The van der Waals surface area contributed by atoms with Gasteiger partial charge in [0.05, 0.1) is 13.2 Å². The van der Waals surface area contributed by atoms with Gasteiger partial charge >= 0.3 is 0 Å². The molecule has 2 saturated heterocycles. The summed E-state index contributed by atoms with van der Waals surface area (Å²) in [5.41, 5.74) is 2.55. The van der Waals surface area contributed by atoms with Gasteiger partial charge in [-0.2, -0.15) is 0 Å². The van der Waals surface area contributed by atoms with Gasteiger partial charge in [-0.05, 0) is 56.6 Å². The van der Waals surface area contributed by atoms with Crippen molar-refractivity contribution in [3.8, 4) is 0 Å². The van der Waals surface area contributed by atoms with Crippen LogP contribution >= 0.6 is 0 Å². The lowest BCUT2D eigenvalue weighted by Crippen LogP contribution is -2.38. The molecule has 156 valence electrons. The number of anilines is 1. The summed E-state index contributed by atoms with van der Waals surface area (Å²) in [4.78, 5) is 9.34. The third-order valence-corrected chi connectivity index (χ3v) is 5.64. The fourth-order valence-electron chi connectivity index (χ4n) is 3.92. The number of aliphatic imine (C=N–C) groups is 1. The van der Waals surface area contributed by atoms with E-state index in [0.29, 0.717) is 0 Å². The van der Waals surface area contributed by atoms with Gasteiger partial charge in [-0.25, -0.2) is 0 Å². The second-order valence-electron chi connectivity index (χ2n) is 7.73. The van der Waals surface area contributed by atoms with Crippen LogP contribution in [0.1, 0.15) is 37.7 Å². The SMILES string of the molecule is CN=C(NCCCN1CCCCCC1)NCc1ccc(N2CCOCC2)cc1. The first kappa shape index (κ1) is 20.9. The maximum absolute atomic E-state index is 5.43. The smallest absolute Gasteiger partial charge is 0.191 e. The molecule has 0 atom stereocenters. The first-order chi connectivity index (χ1) is 13.8. The van der Waals surface area contributed by atoms with E-state index in [2.05, 4.69) is 49.7 Å². The monoisotopic (exact) mass is 387 g/mol. The Labute approximate surface area is 170 Å². The van der Waals surface area contributed by atoms with Crippen molar-refractivity contribution >= 4 is 11.6 Å². The summed E-state index contributed by atoms with van der Waals surface area (Å²) >= 11 is 0. The summed E-state index contributed by atoms with van der Waals surface area (Å²) in [6.07, 6.45) is 6.69. The molecule has 0 spiro atoms. The van der Waals surface area contributed by atoms with Crippen LogP contribution in [0.4, 0.5) is 5.69 Å². The summed E-state index contributed by atoms with van der Waals surface area (Å²) in [5.74, 6) is 0.883. The molecule has 3 rings (SSSR count).